The second kappa shape index (κ2) is 9.96. The second-order valence-corrected chi connectivity index (χ2v) is 6.91. The van der Waals surface area contributed by atoms with E-state index in [0.717, 1.165) is 11.1 Å². The van der Waals surface area contributed by atoms with E-state index in [0.29, 0.717) is 0 Å². The molecular weight excluding hydrogens is 422 g/mol. The molecule has 10 nitrogen and oxygen atoms in total. The number of rotatable bonds is 8. The van der Waals surface area contributed by atoms with Crippen LogP contribution < -0.4 is 27.4 Å². The maximum atomic E-state index is 13.1. The normalized spacial score (nSPS) is 10.5. The Morgan fingerprint density at radius 2 is 1.36 bits per heavy atom. The first-order valence-corrected chi connectivity index (χ1v) is 9.99. The van der Waals surface area contributed by atoms with Crippen molar-refractivity contribution in [3.8, 4) is 0 Å². The van der Waals surface area contributed by atoms with Crippen LogP contribution in [0.25, 0.3) is 0 Å². The number of nitrogens with two attached hydrogens (primary N) is 1. The van der Waals surface area contributed by atoms with Crippen molar-refractivity contribution in [1.29, 1.82) is 0 Å². The molecule has 0 spiro atoms. The lowest BCUT2D eigenvalue weighted by atomic mass is 9.91. The maximum absolute atomic E-state index is 13.1. The Labute approximate surface area is 189 Å². The quantitative estimate of drug-likeness (QED) is 0.261. The molecule has 33 heavy (non-hydrogen) atoms. The summed E-state index contributed by atoms with van der Waals surface area (Å²) in [7, 11) is 0. The third-order valence-electron chi connectivity index (χ3n) is 4.76. The number of hydrogen-bond donors (Lipinski definition) is 5. The lowest BCUT2D eigenvalue weighted by molar-refractivity contribution is -0.121. The standard InChI is InChI=1S/C23H21N7O3/c24-19-20(27-29-22(31)17-12-7-13-33-17)25-14-26-21(19)28-30-23(32)18(15-8-3-1-4-9-15)16-10-5-2-6-11-16/h1-14,18H,24H2,(H,29,31)(H,30,32)(H2,25,26,27,28). The van der Waals surface area contributed by atoms with Crippen LogP contribution in [0.1, 0.15) is 27.6 Å². The number of carbonyl (C=O) groups is 2. The van der Waals surface area contributed by atoms with Gasteiger partial charge in [0.05, 0.1) is 12.2 Å². The fraction of sp³-hybridized carbons (Fsp3) is 0.0435. The average Bonchev–Trinajstić information content (AvgIpc) is 3.39. The van der Waals surface area contributed by atoms with Gasteiger partial charge in [-0.1, -0.05) is 60.7 Å². The molecule has 2 aromatic heterocycles. The maximum Gasteiger partial charge on any atom is 0.305 e. The zero-order valence-corrected chi connectivity index (χ0v) is 17.4. The zero-order valence-electron chi connectivity index (χ0n) is 17.4. The minimum Gasteiger partial charge on any atom is -0.459 e. The lowest BCUT2D eigenvalue weighted by Gasteiger charge is -2.19. The monoisotopic (exact) mass is 443 g/mol. The molecule has 4 aromatic rings. The van der Waals surface area contributed by atoms with Gasteiger partial charge in [0.15, 0.2) is 17.4 Å². The van der Waals surface area contributed by atoms with Gasteiger partial charge in [-0.25, -0.2) is 9.97 Å². The Hall–Kier alpha value is -4.86. The summed E-state index contributed by atoms with van der Waals surface area (Å²) in [4.78, 5) is 33.2. The molecule has 0 atom stereocenters. The number of nitrogens with zero attached hydrogens (tertiary/aromatic N) is 2. The molecule has 0 saturated heterocycles. The largest absolute Gasteiger partial charge is 0.459 e. The Kier molecular flexibility index (Phi) is 6.45. The van der Waals surface area contributed by atoms with Crippen molar-refractivity contribution in [2.75, 3.05) is 16.6 Å². The minimum atomic E-state index is -0.548. The van der Waals surface area contributed by atoms with E-state index < -0.39 is 11.8 Å². The number of nitrogens with one attached hydrogen (secondary N) is 4. The third-order valence-corrected chi connectivity index (χ3v) is 4.76. The zero-order chi connectivity index (χ0) is 23.0. The fourth-order valence-corrected chi connectivity index (χ4v) is 3.16. The van der Waals surface area contributed by atoms with Crippen molar-refractivity contribution in [2.45, 2.75) is 5.92 Å². The van der Waals surface area contributed by atoms with Gasteiger partial charge < -0.3 is 10.2 Å². The van der Waals surface area contributed by atoms with E-state index in [1.165, 1.54) is 18.7 Å². The molecule has 0 aliphatic carbocycles. The number of anilines is 3. The van der Waals surface area contributed by atoms with Gasteiger partial charge in [0, 0.05) is 0 Å². The van der Waals surface area contributed by atoms with Gasteiger partial charge in [-0.3, -0.25) is 31.3 Å². The van der Waals surface area contributed by atoms with Crippen molar-refractivity contribution in [3.63, 3.8) is 0 Å². The molecule has 2 aromatic carbocycles. The SMILES string of the molecule is Nc1c(NNC(=O)c2ccco2)ncnc1NNC(=O)C(c1ccccc1)c1ccccc1. The molecule has 0 aliphatic heterocycles. The number of hydrogen-bond acceptors (Lipinski definition) is 8. The molecule has 166 valence electrons. The van der Waals surface area contributed by atoms with Crippen molar-refractivity contribution >= 4 is 29.1 Å². The molecule has 0 fully saturated rings. The summed E-state index contributed by atoms with van der Waals surface area (Å²) >= 11 is 0. The summed E-state index contributed by atoms with van der Waals surface area (Å²) < 4.78 is 5.02. The molecule has 4 rings (SSSR count). The lowest BCUT2D eigenvalue weighted by Crippen LogP contribution is -2.35. The Bertz CT molecular complexity index is 1180. The number of aromatic nitrogens is 2. The van der Waals surface area contributed by atoms with Crippen LogP contribution in [0.3, 0.4) is 0 Å². The number of hydrazine groups is 2. The molecule has 0 aliphatic rings. The van der Waals surface area contributed by atoms with Crippen molar-refractivity contribution in [1.82, 2.24) is 20.8 Å². The van der Waals surface area contributed by atoms with Crippen LogP contribution in [-0.2, 0) is 4.79 Å². The molecule has 6 N–H and O–H groups in total. The Balaban J connectivity index is 1.46. The summed E-state index contributed by atoms with van der Waals surface area (Å²) in [6.07, 6.45) is 2.62. The van der Waals surface area contributed by atoms with Gasteiger partial charge in [0.1, 0.15) is 12.0 Å². The molecule has 10 heteroatoms. The predicted molar refractivity (Wildman–Crippen MR) is 123 cm³/mol. The second-order valence-electron chi connectivity index (χ2n) is 6.91. The van der Waals surface area contributed by atoms with Crippen LogP contribution in [0.2, 0.25) is 0 Å². The van der Waals surface area contributed by atoms with Crippen LogP contribution >= 0.6 is 0 Å². The summed E-state index contributed by atoms with van der Waals surface area (Å²) in [5.41, 5.74) is 18.3. The number of nitrogen functional groups attached to an aromatic ring is 1. The third kappa shape index (κ3) is 5.07. The van der Waals surface area contributed by atoms with Gasteiger partial charge >= 0.3 is 5.91 Å². The van der Waals surface area contributed by atoms with Crippen LogP contribution in [0.4, 0.5) is 17.3 Å². The molecular formula is C23H21N7O3. The van der Waals surface area contributed by atoms with E-state index in [1.807, 2.05) is 60.7 Å². The molecule has 0 radical (unpaired) electrons. The highest BCUT2D eigenvalue weighted by molar-refractivity contribution is 5.92. The van der Waals surface area contributed by atoms with Crippen molar-refractivity contribution in [3.05, 3.63) is 102 Å². The Morgan fingerprint density at radius 3 is 1.91 bits per heavy atom. The number of benzene rings is 2. The average molecular weight is 443 g/mol. The minimum absolute atomic E-state index is 0.0912. The van der Waals surface area contributed by atoms with Gasteiger partial charge in [-0.05, 0) is 23.3 Å². The van der Waals surface area contributed by atoms with E-state index in [1.54, 1.807) is 6.07 Å². The van der Waals surface area contributed by atoms with E-state index in [4.69, 9.17) is 10.2 Å². The van der Waals surface area contributed by atoms with E-state index >= 15 is 0 Å². The molecule has 2 heterocycles. The number of furan rings is 1. The molecule has 0 saturated carbocycles. The van der Waals surface area contributed by atoms with Crippen LogP contribution in [0.15, 0.2) is 89.8 Å². The van der Waals surface area contributed by atoms with E-state index in [-0.39, 0.29) is 29.0 Å². The topological polar surface area (TPSA) is 147 Å². The fourth-order valence-electron chi connectivity index (χ4n) is 3.16. The molecule has 0 bridgehead atoms. The van der Waals surface area contributed by atoms with Crippen molar-refractivity contribution < 1.29 is 14.0 Å². The first-order chi connectivity index (χ1) is 16.1. The molecule has 2 amide bonds. The van der Waals surface area contributed by atoms with Crippen LogP contribution in [0, 0.1) is 0 Å². The highest BCUT2D eigenvalue weighted by atomic mass is 16.3. The van der Waals surface area contributed by atoms with E-state index in [2.05, 4.69) is 31.7 Å². The first kappa shape index (κ1) is 21.4. The highest BCUT2D eigenvalue weighted by Crippen LogP contribution is 2.25. The number of carbonyl (C=O) groups excluding carboxylic acids is 2. The van der Waals surface area contributed by atoms with Gasteiger partial charge in [-0.2, -0.15) is 0 Å². The van der Waals surface area contributed by atoms with Gasteiger partial charge in [0.25, 0.3) is 0 Å². The smallest absolute Gasteiger partial charge is 0.305 e. The van der Waals surface area contributed by atoms with Crippen LogP contribution in [-0.4, -0.2) is 21.8 Å². The Morgan fingerprint density at radius 1 is 0.788 bits per heavy atom. The van der Waals surface area contributed by atoms with Gasteiger partial charge in [-0.15, -0.1) is 0 Å². The number of amides is 2. The summed E-state index contributed by atoms with van der Waals surface area (Å²) in [6.45, 7) is 0. The highest BCUT2D eigenvalue weighted by Gasteiger charge is 2.23. The summed E-state index contributed by atoms with van der Waals surface area (Å²) in [6, 6.07) is 22.0. The summed E-state index contributed by atoms with van der Waals surface area (Å²) in [5.74, 6) is -0.931. The summed E-state index contributed by atoms with van der Waals surface area (Å²) in [5, 5.41) is 0. The van der Waals surface area contributed by atoms with Crippen molar-refractivity contribution in [2.24, 2.45) is 0 Å². The van der Waals surface area contributed by atoms with Gasteiger partial charge in [0.2, 0.25) is 5.91 Å². The van der Waals surface area contributed by atoms with E-state index in [9.17, 15) is 9.59 Å². The van der Waals surface area contributed by atoms with Crippen LogP contribution in [0.5, 0.6) is 0 Å². The predicted octanol–water partition coefficient (Wildman–Crippen LogP) is 2.68. The first-order valence-electron chi connectivity index (χ1n) is 9.99. The molecule has 0 unspecified atom stereocenters.